The first-order valence-corrected chi connectivity index (χ1v) is 10.3. The van der Waals surface area contributed by atoms with Crippen LogP contribution in [0.15, 0.2) is 72.8 Å². The summed E-state index contributed by atoms with van der Waals surface area (Å²) < 4.78 is 13.9. The minimum Gasteiger partial charge on any atom is -0.358 e. The topological polar surface area (TPSA) is 64.9 Å². The van der Waals surface area contributed by atoms with Gasteiger partial charge in [0.1, 0.15) is 11.9 Å². The zero-order chi connectivity index (χ0) is 22.2. The molecule has 158 valence electrons. The molecular weight excluding hydrogens is 389 g/mol. The van der Waals surface area contributed by atoms with E-state index < -0.39 is 6.04 Å². The predicted molar refractivity (Wildman–Crippen MR) is 120 cm³/mol. The van der Waals surface area contributed by atoms with E-state index in [1.54, 1.807) is 32.2 Å². The molecule has 3 aromatic rings. The Balaban J connectivity index is 1.88. The first-order chi connectivity index (χ1) is 15.0. The van der Waals surface area contributed by atoms with E-state index in [1.165, 1.54) is 6.07 Å². The maximum atomic E-state index is 13.9. The van der Waals surface area contributed by atoms with Crippen LogP contribution in [-0.4, -0.2) is 13.0 Å². The van der Waals surface area contributed by atoms with E-state index in [4.69, 9.17) is 5.26 Å². The smallest absolute Gasteiger partial charge is 0.241 e. The number of rotatable bonds is 8. The molecule has 0 aliphatic heterocycles. The summed E-state index contributed by atoms with van der Waals surface area (Å²) in [5.41, 5.74) is 4.08. The summed E-state index contributed by atoms with van der Waals surface area (Å²) >= 11 is 0. The molecule has 0 saturated carbocycles. The average Bonchev–Trinajstić information content (AvgIpc) is 2.81. The molecule has 0 aliphatic rings. The number of carbonyl (C=O) groups excluding carboxylic acids is 1. The Bertz CT molecular complexity index is 1060. The fraction of sp³-hybridized carbons (Fsp3) is 0.231. The van der Waals surface area contributed by atoms with E-state index in [0.717, 1.165) is 23.1 Å². The number of halogens is 1. The number of benzene rings is 3. The Kier molecular flexibility index (Phi) is 7.53. The van der Waals surface area contributed by atoms with Crippen molar-refractivity contribution in [1.82, 2.24) is 10.6 Å². The quantitative estimate of drug-likeness (QED) is 0.558. The van der Waals surface area contributed by atoms with Crippen LogP contribution in [0.3, 0.4) is 0 Å². The van der Waals surface area contributed by atoms with Crippen LogP contribution in [-0.2, 0) is 11.2 Å². The van der Waals surface area contributed by atoms with Crippen LogP contribution >= 0.6 is 0 Å². The largest absolute Gasteiger partial charge is 0.358 e. The molecule has 4 nitrogen and oxygen atoms in total. The molecule has 31 heavy (non-hydrogen) atoms. The van der Waals surface area contributed by atoms with Gasteiger partial charge in [0.15, 0.2) is 0 Å². The van der Waals surface area contributed by atoms with Gasteiger partial charge in [-0.2, -0.15) is 5.26 Å². The molecule has 2 N–H and O–H groups in total. The van der Waals surface area contributed by atoms with Crippen molar-refractivity contribution in [2.75, 3.05) is 7.05 Å². The molecule has 0 aliphatic carbocycles. The van der Waals surface area contributed by atoms with Crippen molar-refractivity contribution in [2.45, 2.75) is 31.8 Å². The minimum atomic E-state index is -0.539. The van der Waals surface area contributed by atoms with Gasteiger partial charge >= 0.3 is 0 Å². The van der Waals surface area contributed by atoms with Crippen LogP contribution in [0.25, 0.3) is 0 Å². The van der Waals surface area contributed by atoms with Crippen molar-refractivity contribution in [1.29, 1.82) is 5.26 Å². The van der Waals surface area contributed by atoms with Crippen molar-refractivity contribution < 1.29 is 9.18 Å². The molecule has 0 heterocycles. The van der Waals surface area contributed by atoms with E-state index in [0.29, 0.717) is 17.5 Å². The molecule has 5 heteroatoms. The number of nitrogens with one attached hydrogen (secondary N) is 2. The van der Waals surface area contributed by atoms with Gasteiger partial charge in [0.2, 0.25) is 5.91 Å². The number of nitriles is 1. The Morgan fingerprint density at radius 3 is 2.35 bits per heavy atom. The highest BCUT2D eigenvalue weighted by Crippen LogP contribution is 2.26. The summed E-state index contributed by atoms with van der Waals surface area (Å²) in [5, 5.41) is 15.2. The first kappa shape index (κ1) is 22.2. The first-order valence-electron chi connectivity index (χ1n) is 10.3. The Morgan fingerprint density at radius 2 is 1.74 bits per heavy atom. The molecule has 0 aromatic heterocycles. The molecule has 1 unspecified atom stereocenters. The lowest BCUT2D eigenvalue weighted by Crippen LogP contribution is -2.38. The van der Waals surface area contributed by atoms with E-state index >= 15 is 0 Å². The molecule has 3 aromatic carbocycles. The van der Waals surface area contributed by atoms with Crippen LogP contribution in [0.1, 0.15) is 46.3 Å². The lowest BCUT2D eigenvalue weighted by Gasteiger charge is -2.26. The highest BCUT2D eigenvalue weighted by atomic mass is 19.1. The fourth-order valence-electron chi connectivity index (χ4n) is 3.60. The zero-order valence-electron chi connectivity index (χ0n) is 17.7. The highest BCUT2D eigenvalue weighted by Gasteiger charge is 2.24. The van der Waals surface area contributed by atoms with Gasteiger partial charge in [0.05, 0.1) is 11.6 Å². The Labute approximate surface area is 182 Å². The second kappa shape index (κ2) is 10.5. The number of hydrogen-bond acceptors (Lipinski definition) is 3. The second-order valence-corrected chi connectivity index (χ2v) is 7.53. The number of amides is 1. The third-order valence-corrected chi connectivity index (χ3v) is 5.40. The number of nitrogens with zero attached hydrogens (tertiary/aromatic N) is 1. The van der Waals surface area contributed by atoms with Gasteiger partial charge in [-0.1, -0.05) is 54.6 Å². The average molecular weight is 416 g/mol. The summed E-state index contributed by atoms with van der Waals surface area (Å²) in [6.07, 6.45) is 1.45. The third-order valence-electron chi connectivity index (χ3n) is 5.40. The van der Waals surface area contributed by atoms with Gasteiger partial charge in [0, 0.05) is 13.1 Å². The zero-order valence-corrected chi connectivity index (χ0v) is 17.7. The maximum Gasteiger partial charge on any atom is 0.241 e. The summed E-state index contributed by atoms with van der Waals surface area (Å²) in [5.74, 6) is -0.381. The number of likely N-dealkylation sites (N-methyl/N-ethyl adjacent to an activating group) is 1. The molecular formula is C26H26FN3O. The molecule has 0 fully saturated rings. The molecule has 2 atom stereocenters. The van der Waals surface area contributed by atoms with Crippen LogP contribution in [0.2, 0.25) is 0 Å². The Morgan fingerprint density at radius 1 is 1.03 bits per heavy atom. The molecule has 3 rings (SSSR count). The second-order valence-electron chi connectivity index (χ2n) is 7.53. The third kappa shape index (κ3) is 5.78. The number of aryl methyl sites for hydroxylation is 2. The monoisotopic (exact) mass is 415 g/mol. The van der Waals surface area contributed by atoms with Crippen molar-refractivity contribution in [2.24, 2.45) is 0 Å². The van der Waals surface area contributed by atoms with Gasteiger partial charge in [-0.05, 0) is 60.2 Å². The SMILES string of the molecule is CNC(=O)C(N[C@@H](CCc1ccc(C#N)cc1)c1ccc(F)c(C)c1)c1ccccc1. The standard InChI is InChI=1S/C26H26FN3O/c1-18-16-22(13-14-23(18)27)24(15-12-19-8-10-20(17-28)11-9-19)30-25(26(31)29-2)21-6-4-3-5-7-21/h3-11,13-14,16,24-25,30H,12,15H2,1-2H3,(H,29,31)/t24-,25?/m0/s1. The summed E-state index contributed by atoms with van der Waals surface area (Å²) in [6.45, 7) is 1.74. The van der Waals surface area contributed by atoms with E-state index in [-0.39, 0.29) is 17.8 Å². The van der Waals surface area contributed by atoms with E-state index in [1.807, 2.05) is 48.5 Å². The van der Waals surface area contributed by atoms with E-state index in [2.05, 4.69) is 16.7 Å². The van der Waals surface area contributed by atoms with E-state index in [9.17, 15) is 9.18 Å². The lowest BCUT2D eigenvalue weighted by molar-refractivity contribution is -0.123. The van der Waals surface area contributed by atoms with Crippen LogP contribution in [0, 0.1) is 24.1 Å². The normalized spacial score (nSPS) is 12.6. The van der Waals surface area contributed by atoms with Gasteiger partial charge in [-0.25, -0.2) is 4.39 Å². The number of hydrogen-bond donors (Lipinski definition) is 2. The van der Waals surface area contributed by atoms with Crippen LogP contribution in [0.5, 0.6) is 0 Å². The predicted octanol–water partition coefficient (Wildman–Crippen LogP) is 4.76. The Hall–Kier alpha value is -3.49. The van der Waals surface area contributed by atoms with Crippen molar-refractivity contribution in [3.05, 3.63) is 106 Å². The maximum absolute atomic E-state index is 13.9. The van der Waals surface area contributed by atoms with Crippen molar-refractivity contribution >= 4 is 5.91 Å². The van der Waals surface area contributed by atoms with Gasteiger partial charge in [-0.3, -0.25) is 10.1 Å². The molecule has 0 spiro atoms. The van der Waals surface area contributed by atoms with Crippen molar-refractivity contribution in [3.63, 3.8) is 0 Å². The van der Waals surface area contributed by atoms with Gasteiger partial charge in [0.25, 0.3) is 0 Å². The minimum absolute atomic E-state index is 0.131. The molecule has 0 bridgehead atoms. The van der Waals surface area contributed by atoms with Gasteiger partial charge < -0.3 is 5.32 Å². The fourth-order valence-corrected chi connectivity index (χ4v) is 3.60. The van der Waals surface area contributed by atoms with Crippen LogP contribution in [0.4, 0.5) is 4.39 Å². The molecule has 0 radical (unpaired) electrons. The lowest BCUT2D eigenvalue weighted by atomic mass is 9.95. The molecule has 0 saturated heterocycles. The molecule has 1 amide bonds. The summed E-state index contributed by atoms with van der Waals surface area (Å²) in [7, 11) is 1.62. The van der Waals surface area contributed by atoms with Crippen LogP contribution < -0.4 is 10.6 Å². The van der Waals surface area contributed by atoms with Gasteiger partial charge in [-0.15, -0.1) is 0 Å². The highest BCUT2D eigenvalue weighted by molar-refractivity contribution is 5.83. The summed E-state index contributed by atoms with van der Waals surface area (Å²) in [6, 6.07) is 23.5. The summed E-state index contributed by atoms with van der Waals surface area (Å²) in [4.78, 5) is 12.7. The number of carbonyl (C=O) groups is 1. The van der Waals surface area contributed by atoms with Crippen molar-refractivity contribution in [3.8, 4) is 6.07 Å².